The number of nitrogens with zero attached hydrogens (tertiary/aromatic N) is 2. The van der Waals surface area contributed by atoms with Gasteiger partial charge >= 0.3 is 12.1 Å². The Morgan fingerprint density at radius 3 is 2.42 bits per heavy atom. The maximum absolute atomic E-state index is 12.4. The number of carboxylic acid groups (broad SMARTS) is 1. The summed E-state index contributed by atoms with van der Waals surface area (Å²) in [4.78, 5) is 37.8. The Hall–Kier alpha value is -1.83. The fraction of sp³-hybridized carbons (Fsp3) is 0.812. The van der Waals surface area contributed by atoms with E-state index in [1.807, 2.05) is 0 Å². The number of amides is 2. The van der Waals surface area contributed by atoms with Gasteiger partial charge in [0.1, 0.15) is 5.60 Å². The highest BCUT2D eigenvalue weighted by molar-refractivity contribution is 5.77. The summed E-state index contributed by atoms with van der Waals surface area (Å²) in [6.07, 6.45) is 0.0323. The third-order valence-electron chi connectivity index (χ3n) is 4.09. The van der Waals surface area contributed by atoms with Crippen molar-refractivity contribution in [3.63, 3.8) is 0 Å². The second-order valence-corrected chi connectivity index (χ2v) is 7.53. The minimum absolute atomic E-state index is 0.0115. The number of carboxylic acids is 1. The monoisotopic (exact) mass is 344 g/mol. The van der Waals surface area contributed by atoms with Gasteiger partial charge in [-0.3, -0.25) is 4.79 Å². The van der Waals surface area contributed by atoms with Crippen molar-refractivity contribution in [1.29, 1.82) is 0 Å². The van der Waals surface area contributed by atoms with E-state index in [1.54, 1.807) is 27.7 Å². The SMILES string of the molecule is C[C@@H](O)[C@@H](C(=O)O)N(C=O)C[C@]1(C)CCCN1C(=O)OC(C)(C)C. The zero-order valence-electron chi connectivity index (χ0n) is 15.0. The minimum atomic E-state index is -1.36. The van der Waals surface area contributed by atoms with E-state index in [0.717, 1.165) is 11.3 Å². The van der Waals surface area contributed by atoms with Crippen LogP contribution in [0.5, 0.6) is 0 Å². The zero-order chi connectivity index (χ0) is 18.7. The van der Waals surface area contributed by atoms with Gasteiger partial charge in [-0.2, -0.15) is 0 Å². The predicted octanol–water partition coefficient (Wildman–Crippen LogP) is 1.07. The topological polar surface area (TPSA) is 107 Å². The van der Waals surface area contributed by atoms with Crippen LogP contribution in [-0.2, 0) is 14.3 Å². The molecule has 24 heavy (non-hydrogen) atoms. The predicted molar refractivity (Wildman–Crippen MR) is 86.5 cm³/mol. The lowest BCUT2D eigenvalue weighted by molar-refractivity contribution is -0.151. The van der Waals surface area contributed by atoms with Crippen molar-refractivity contribution in [3.05, 3.63) is 0 Å². The van der Waals surface area contributed by atoms with E-state index in [1.165, 1.54) is 11.8 Å². The highest BCUT2D eigenvalue weighted by Gasteiger charge is 2.44. The molecule has 0 aromatic carbocycles. The molecule has 2 amide bonds. The van der Waals surface area contributed by atoms with Crippen molar-refractivity contribution in [2.45, 2.75) is 70.7 Å². The van der Waals surface area contributed by atoms with Crippen molar-refractivity contribution >= 4 is 18.5 Å². The largest absolute Gasteiger partial charge is 0.480 e. The first-order chi connectivity index (χ1) is 10.9. The van der Waals surface area contributed by atoms with Gasteiger partial charge in [0.05, 0.1) is 11.6 Å². The molecule has 3 atom stereocenters. The molecule has 1 rings (SSSR count). The van der Waals surface area contributed by atoms with Crippen LogP contribution in [0.3, 0.4) is 0 Å². The van der Waals surface area contributed by atoms with Gasteiger partial charge in [0.2, 0.25) is 6.41 Å². The second kappa shape index (κ2) is 7.38. The molecule has 8 nitrogen and oxygen atoms in total. The third kappa shape index (κ3) is 4.83. The molecule has 1 aliphatic heterocycles. The molecule has 8 heteroatoms. The molecule has 0 spiro atoms. The van der Waals surface area contributed by atoms with Gasteiger partial charge in [0, 0.05) is 13.1 Å². The summed E-state index contributed by atoms with van der Waals surface area (Å²) in [6, 6.07) is -1.36. The van der Waals surface area contributed by atoms with Crippen LogP contribution in [0.4, 0.5) is 4.79 Å². The number of ether oxygens (including phenoxy) is 1. The van der Waals surface area contributed by atoms with E-state index in [0.29, 0.717) is 19.4 Å². The summed E-state index contributed by atoms with van der Waals surface area (Å²) in [6.45, 7) is 8.90. The van der Waals surface area contributed by atoms with E-state index in [4.69, 9.17) is 4.74 Å². The Morgan fingerprint density at radius 1 is 1.42 bits per heavy atom. The lowest BCUT2D eigenvalue weighted by Gasteiger charge is -2.40. The van der Waals surface area contributed by atoms with E-state index < -0.39 is 35.3 Å². The zero-order valence-corrected chi connectivity index (χ0v) is 15.0. The molecule has 0 saturated carbocycles. The molecule has 1 aliphatic rings. The summed E-state index contributed by atoms with van der Waals surface area (Å²) in [5, 5.41) is 18.9. The summed E-state index contributed by atoms with van der Waals surface area (Å²) >= 11 is 0. The number of aliphatic hydroxyl groups is 1. The molecular weight excluding hydrogens is 316 g/mol. The molecule has 0 aliphatic carbocycles. The van der Waals surface area contributed by atoms with Crippen LogP contribution >= 0.6 is 0 Å². The van der Waals surface area contributed by atoms with Crippen LogP contribution in [-0.4, -0.2) is 74.9 Å². The second-order valence-electron chi connectivity index (χ2n) is 7.53. The first kappa shape index (κ1) is 20.2. The van der Waals surface area contributed by atoms with Crippen molar-refractivity contribution in [2.24, 2.45) is 0 Å². The van der Waals surface area contributed by atoms with Crippen molar-refractivity contribution < 1.29 is 29.3 Å². The molecule has 138 valence electrons. The Labute approximate surface area is 142 Å². The lowest BCUT2D eigenvalue weighted by Crippen LogP contribution is -2.57. The number of aliphatic carboxylic acids is 1. The van der Waals surface area contributed by atoms with Crippen LogP contribution in [0.2, 0.25) is 0 Å². The number of carbonyl (C=O) groups is 3. The van der Waals surface area contributed by atoms with Crippen LogP contribution < -0.4 is 0 Å². The van der Waals surface area contributed by atoms with Crippen LogP contribution in [0.15, 0.2) is 0 Å². The van der Waals surface area contributed by atoms with Gasteiger partial charge in [-0.1, -0.05) is 0 Å². The van der Waals surface area contributed by atoms with Gasteiger partial charge in [-0.05, 0) is 47.5 Å². The maximum Gasteiger partial charge on any atom is 0.410 e. The number of hydrogen-bond donors (Lipinski definition) is 2. The molecular formula is C16H28N2O6. The standard InChI is InChI=1S/C16H28N2O6/c1-11(20)12(13(21)22)17(10-19)9-16(5)7-6-8-18(16)14(23)24-15(2,3)4/h10-12,20H,6-9H2,1-5H3,(H,21,22)/t11-,12+,16+/m1/s1. The first-order valence-corrected chi connectivity index (χ1v) is 8.04. The van der Waals surface area contributed by atoms with E-state index >= 15 is 0 Å². The van der Waals surface area contributed by atoms with Gasteiger partial charge in [0.25, 0.3) is 0 Å². The number of likely N-dealkylation sites (tertiary alicyclic amines) is 1. The quantitative estimate of drug-likeness (QED) is 0.698. The molecule has 0 aromatic rings. The smallest absolute Gasteiger partial charge is 0.410 e. The molecule has 0 unspecified atom stereocenters. The van der Waals surface area contributed by atoms with E-state index in [9.17, 15) is 24.6 Å². The van der Waals surface area contributed by atoms with Crippen molar-refractivity contribution in [1.82, 2.24) is 9.80 Å². The van der Waals surface area contributed by atoms with Crippen LogP contribution in [0, 0.1) is 0 Å². The number of hydrogen-bond acceptors (Lipinski definition) is 5. The molecule has 1 heterocycles. The molecule has 1 fully saturated rings. The maximum atomic E-state index is 12.4. The minimum Gasteiger partial charge on any atom is -0.480 e. The van der Waals surface area contributed by atoms with Crippen molar-refractivity contribution in [2.75, 3.05) is 13.1 Å². The summed E-state index contributed by atoms with van der Waals surface area (Å²) < 4.78 is 5.40. The van der Waals surface area contributed by atoms with Crippen LogP contribution in [0.25, 0.3) is 0 Å². The van der Waals surface area contributed by atoms with Gasteiger partial charge in [-0.25, -0.2) is 9.59 Å². The average molecular weight is 344 g/mol. The van der Waals surface area contributed by atoms with E-state index in [2.05, 4.69) is 0 Å². The normalized spacial score (nSPS) is 23.5. The molecule has 0 bridgehead atoms. The third-order valence-corrected chi connectivity index (χ3v) is 4.09. The summed E-state index contributed by atoms with van der Waals surface area (Å²) in [7, 11) is 0. The van der Waals surface area contributed by atoms with Crippen molar-refractivity contribution in [3.8, 4) is 0 Å². The Morgan fingerprint density at radius 2 is 2.00 bits per heavy atom. The van der Waals surface area contributed by atoms with Gasteiger partial charge in [-0.15, -0.1) is 0 Å². The van der Waals surface area contributed by atoms with Gasteiger partial charge in [0.15, 0.2) is 6.04 Å². The van der Waals surface area contributed by atoms with Gasteiger partial charge < -0.3 is 24.7 Å². The molecule has 1 saturated heterocycles. The highest BCUT2D eigenvalue weighted by Crippen LogP contribution is 2.32. The Balaban J connectivity index is 2.97. The number of rotatable bonds is 6. The molecule has 0 aromatic heterocycles. The van der Waals surface area contributed by atoms with Crippen LogP contribution in [0.1, 0.15) is 47.5 Å². The lowest BCUT2D eigenvalue weighted by atomic mass is 9.97. The molecule has 2 N–H and O–H groups in total. The summed E-state index contributed by atoms with van der Waals surface area (Å²) in [5.74, 6) is -1.29. The van der Waals surface area contributed by atoms with E-state index in [-0.39, 0.29) is 6.54 Å². The fourth-order valence-corrected chi connectivity index (χ4v) is 3.04. The average Bonchev–Trinajstić information content (AvgIpc) is 2.76. The Kier molecular flexibility index (Phi) is 6.21. The summed E-state index contributed by atoms with van der Waals surface area (Å²) in [5.41, 5.74) is -1.39. The first-order valence-electron chi connectivity index (χ1n) is 8.04. The number of aliphatic hydroxyl groups excluding tert-OH is 1. The molecule has 0 radical (unpaired) electrons. The fourth-order valence-electron chi connectivity index (χ4n) is 3.04. The Bertz CT molecular complexity index is 487. The highest BCUT2D eigenvalue weighted by atomic mass is 16.6. The number of carbonyl (C=O) groups excluding carboxylic acids is 2.